The highest BCUT2D eigenvalue weighted by Crippen LogP contribution is 2.34. The van der Waals surface area contributed by atoms with Crippen molar-refractivity contribution in [3.05, 3.63) is 102 Å². The number of phenolic OH excluding ortho intramolecular Hbond substituents is 1. The number of aromatic nitrogens is 2. The van der Waals surface area contributed by atoms with Crippen LogP contribution >= 0.6 is 23.7 Å². The molecular weight excluding hydrogens is 1220 g/mol. The number of hydrogen-bond acceptors (Lipinski definition) is 24. The average molecular weight is 1290 g/mol. The lowest BCUT2D eigenvalue weighted by molar-refractivity contribution is -0.433. The molecule has 0 saturated carbocycles. The van der Waals surface area contributed by atoms with Crippen molar-refractivity contribution in [2.75, 3.05) is 26.2 Å². The Balaban J connectivity index is 1.08. The number of β-amino-alcohol motifs (C(OH)–C–C–N with tert-alkyl or cyclic N) is 1. The molecule has 3 aliphatic heterocycles. The van der Waals surface area contributed by atoms with Crippen LogP contribution in [0.5, 0.6) is 17.2 Å². The summed E-state index contributed by atoms with van der Waals surface area (Å²) >= 11 is 1.35. The van der Waals surface area contributed by atoms with E-state index >= 15 is 0 Å². The van der Waals surface area contributed by atoms with Crippen LogP contribution in [0.1, 0.15) is 56.0 Å². The van der Waals surface area contributed by atoms with Crippen LogP contribution in [-0.4, -0.2) is 207 Å². The maximum atomic E-state index is 14.7. The van der Waals surface area contributed by atoms with Crippen molar-refractivity contribution in [2.45, 2.75) is 119 Å². The number of phenols is 1. The van der Waals surface area contributed by atoms with E-state index in [1.54, 1.807) is 12.1 Å². The Bertz CT molecular complexity index is 3380. The number of hydrogen-bond donors (Lipinski definition) is 14. The number of aliphatic hydroxyl groups is 6. The molecule has 3 aliphatic rings. The molecule has 90 heavy (non-hydrogen) atoms. The molecule has 3 saturated heterocycles. The molecule has 12 unspecified atom stereocenters. The third-order valence-electron chi connectivity index (χ3n) is 15.3. The average Bonchev–Trinajstić information content (AvgIpc) is 1.68. The van der Waals surface area contributed by atoms with E-state index in [1.807, 2.05) is 55.5 Å². The number of primary amides is 1. The predicted molar refractivity (Wildman–Crippen MR) is 317 cm³/mol. The van der Waals surface area contributed by atoms with E-state index in [-0.39, 0.29) is 29.2 Å². The van der Waals surface area contributed by atoms with E-state index in [2.05, 4.69) is 46.2 Å². The van der Waals surface area contributed by atoms with Gasteiger partial charge in [0.25, 0.3) is 18.2 Å². The summed E-state index contributed by atoms with van der Waals surface area (Å²) in [6, 6.07) is 13.3. The van der Waals surface area contributed by atoms with Crippen molar-refractivity contribution in [1.29, 1.82) is 0 Å². The highest BCUT2D eigenvalue weighted by Gasteiger charge is 2.50. The minimum Gasteiger partial charge on any atom is -0.504 e. The van der Waals surface area contributed by atoms with Gasteiger partial charge in [-0.25, -0.2) is 5.26 Å². The summed E-state index contributed by atoms with van der Waals surface area (Å²) in [5.41, 5.74) is 8.84. The number of nitrogens with zero attached hydrogens (tertiary/aromatic N) is 4. The van der Waals surface area contributed by atoms with Gasteiger partial charge in [-0.15, -0.1) is 10.2 Å². The number of aliphatic hydroxyl groups excluding tert-OH is 6. The molecule has 15 N–H and O–H groups in total. The van der Waals surface area contributed by atoms with E-state index in [9.17, 15) is 74.1 Å². The molecule has 8 amide bonds. The SMILES string of the molecule is CCOc1ccc(-c2ccc(-c3nnc(-c4ccc(C(=O)N[C@H]5CC(O)CNC(=O)C6C(O)C(C)CN6C(=O)C(C(O)CC(N)=O)NC(=O)C(C(O)Cc6ccc(O)c(OSOOO)c6)NC(=O)C6CC(O)CN6C(=O)C(C(C)O)NC5=O)cc4)s3)cc2)cc1. The Labute approximate surface area is 521 Å². The summed E-state index contributed by atoms with van der Waals surface area (Å²) in [6.45, 7) is 3.31. The molecule has 482 valence electrons. The zero-order valence-electron chi connectivity index (χ0n) is 48.5. The molecule has 5 aromatic rings. The molecule has 0 bridgehead atoms. The van der Waals surface area contributed by atoms with Crippen LogP contribution in [0.4, 0.5) is 0 Å². The van der Waals surface area contributed by atoms with E-state index < -0.39 is 177 Å². The van der Waals surface area contributed by atoms with Gasteiger partial charge in [0.15, 0.2) is 11.5 Å². The second kappa shape index (κ2) is 30.4. The van der Waals surface area contributed by atoms with Crippen molar-refractivity contribution in [3.8, 4) is 49.5 Å². The number of ether oxygens (including phenoxy) is 1. The fourth-order valence-electron chi connectivity index (χ4n) is 10.6. The monoisotopic (exact) mass is 1290 g/mol. The van der Waals surface area contributed by atoms with Crippen molar-refractivity contribution in [3.63, 3.8) is 0 Å². The van der Waals surface area contributed by atoms with Gasteiger partial charge in [-0.1, -0.05) is 82.2 Å². The fourth-order valence-corrected chi connectivity index (χ4v) is 11.7. The number of rotatable bonds is 18. The fraction of sp³-hybridized carbons (Fsp3) is 0.414. The van der Waals surface area contributed by atoms with Crippen LogP contribution < -0.4 is 41.2 Å². The van der Waals surface area contributed by atoms with Gasteiger partial charge in [0.1, 0.15) is 52.0 Å². The topological polar surface area (TPSA) is 454 Å². The van der Waals surface area contributed by atoms with Gasteiger partial charge in [-0.3, -0.25) is 38.4 Å². The molecule has 3 fully saturated rings. The molecule has 1 aromatic heterocycles. The van der Waals surface area contributed by atoms with E-state index in [1.165, 1.54) is 36.5 Å². The minimum atomic E-state index is -2.22. The second-order valence-electron chi connectivity index (χ2n) is 21.8. The van der Waals surface area contributed by atoms with Gasteiger partial charge < -0.3 is 86.8 Å². The Morgan fingerprint density at radius 3 is 1.97 bits per heavy atom. The number of carbonyl (C=O) groups excluding carboxylic acids is 8. The van der Waals surface area contributed by atoms with Crippen LogP contribution in [0.3, 0.4) is 0 Å². The normalized spacial score (nSPS) is 24.9. The van der Waals surface area contributed by atoms with Crippen LogP contribution in [0.2, 0.25) is 0 Å². The van der Waals surface area contributed by atoms with Crippen molar-refractivity contribution >= 4 is 70.9 Å². The number of benzene rings is 4. The van der Waals surface area contributed by atoms with E-state index in [4.69, 9.17) is 19.9 Å². The van der Waals surface area contributed by atoms with Gasteiger partial charge in [0.2, 0.25) is 41.4 Å². The van der Waals surface area contributed by atoms with Gasteiger partial charge in [-0.2, -0.15) is 0 Å². The number of nitrogens with two attached hydrogens (primary N) is 1. The van der Waals surface area contributed by atoms with Crippen LogP contribution in [-0.2, 0) is 49.4 Å². The van der Waals surface area contributed by atoms with Crippen LogP contribution in [0, 0.1) is 5.92 Å². The first-order valence-electron chi connectivity index (χ1n) is 28.3. The predicted octanol–water partition coefficient (Wildman–Crippen LogP) is -1.17. The maximum Gasteiger partial charge on any atom is 0.261 e. The number of nitrogens with one attached hydrogen (secondary N) is 5. The molecule has 4 aromatic carbocycles. The van der Waals surface area contributed by atoms with Gasteiger partial charge in [-0.05, 0) is 66.9 Å². The van der Waals surface area contributed by atoms with Crippen molar-refractivity contribution in [2.24, 2.45) is 11.7 Å². The highest BCUT2D eigenvalue weighted by molar-refractivity contribution is 7.90. The zero-order valence-corrected chi connectivity index (χ0v) is 50.1. The summed E-state index contributed by atoms with van der Waals surface area (Å²) in [5, 5.41) is 112. The summed E-state index contributed by atoms with van der Waals surface area (Å²) in [5.74, 6) is -10.4. The smallest absolute Gasteiger partial charge is 0.261 e. The van der Waals surface area contributed by atoms with Crippen LogP contribution in [0.15, 0.2) is 91.0 Å². The summed E-state index contributed by atoms with van der Waals surface area (Å²) in [4.78, 5) is 115. The first kappa shape index (κ1) is 67.5. The molecule has 0 spiro atoms. The van der Waals surface area contributed by atoms with Crippen molar-refractivity contribution in [1.82, 2.24) is 46.6 Å². The molecular formula is C58H68N10O20S2. The molecule has 30 nitrogen and oxygen atoms in total. The number of fused-ring (bicyclic) bond motifs is 2. The Hall–Kier alpha value is -8.41. The molecule has 4 heterocycles. The summed E-state index contributed by atoms with van der Waals surface area (Å²) in [6.07, 6.45) is -13.6. The third kappa shape index (κ3) is 16.5. The first-order valence-corrected chi connectivity index (χ1v) is 29.8. The summed E-state index contributed by atoms with van der Waals surface area (Å²) < 4.78 is 14.9. The minimum absolute atomic E-state index is 0.0000572. The van der Waals surface area contributed by atoms with Gasteiger partial charge in [0.05, 0.1) is 49.7 Å². The Morgan fingerprint density at radius 1 is 0.744 bits per heavy atom. The Kier molecular flexibility index (Phi) is 22.8. The first-order chi connectivity index (χ1) is 42.9. The zero-order chi connectivity index (χ0) is 65.1. The number of carbonyl (C=O) groups is 8. The summed E-state index contributed by atoms with van der Waals surface area (Å²) in [7, 11) is 0. The standard InChI is InChI=1S/C58H68N10O20S2/c1-4-85-37-16-14-31(15-17-37)30-6-10-33(11-7-30)55-65-66-56(89-55)34-12-8-32(9-13-34)50(77)61-38-21-35(70)24-60-54(81)48-49(76)27(2)25-68(48)58(83)47(42(74)23-44(59)75)64-53(80)46(41(73)19-29-5-18-40(72)43(20-29)86-90-88-87-84)63-52(79)39-22-36(71)26-67(39)57(82)45(28(3)69)62-51(38)78/h5-18,20,27-28,35-36,38-39,41-42,45-49,69-74,76,84H,4,19,21-26H2,1-3H3,(H2,59,75)(H,60,81)(H,61,77)(H,62,78)(H,63,79)(H,64,80)/t27?,28?,35?,36?,38-,39?,41?,42?,45?,46?,47?,48?,49?/m0/s1. The van der Waals surface area contributed by atoms with Crippen LogP contribution in [0.25, 0.3) is 32.3 Å². The number of amides is 8. The lowest BCUT2D eigenvalue weighted by Gasteiger charge is -2.33. The second-order valence-corrected chi connectivity index (χ2v) is 23.2. The third-order valence-corrected chi connectivity index (χ3v) is 16.6. The molecule has 0 aliphatic carbocycles. The largest absolute Gasteiger partial charge is 0.504 e. The van der Waals surface area contributed by atoms with Gasteiger partial charge in [0, 0.05) is 61.5 Å². The van der Waals surface area contributed by atoms with Gasteiger partial charge >= 0.3 is 0 Å². The van der Waals surface area contributed by atoms with E-state index in [0.29, 0.717) is 22.2 Å². The maximum absolute atomic E-state index is 14.7. The van der Waals surface area contributed by atoms with E-state index in [0.717, 1.165) is 51.3 Å². The molecule has 32 heteroatoms. The highest BCUT2D eigenvalue weighted by atomic mass is 32.2. The molecule has 8 rings (SSSR count). The Morgan fingerprint density at radius 2 is 1.34 bits per heavy atom. The molecule has 0 radical (unpaired) electrons. The lowest BCUT2D eigenvalue weighted by atomic mass is 9.98. The molecule has 13 atom stereocenters. The lowest BCUT2D eigenvalue weighted by Crippen LogP contribution is -2.64. The van der Waals surface area contributed by atoms with Crippen molar-refractivity contribution < 1.29 is 97.7 Å². The quantitative estimate of drug-likeness (QED) is 0.0213. The number of aromatic hydroxyl groups is 1.